The van der Waals surface area contributed by atoms with Gasteiger partial charge in [-0.3, -0.25) is 10.1 Å². The van der Waals surface area contributed by atoms with Gasteiger partial charge >= 0.3 is 0 Å². The van der Waals surface area contributed by atoms with Gasteiger partial charge in [-0.05, 0) is 36.2 Å². The maximum absolute atomic E-state index is 13.3. The topological polar surface area (TPSA) is 55.2 Å². The predicted octanol–water partition coefficient (Wildman–Crippen LogP) is 4.95. The molecule has 1 unspecified atom stereocenters. The Kier molecular flexibility index (Phi) is 4.75. The van der Waals surface area contributed by atoms with Crippen molar-refractivity contribution < 1.29 is 9.31 Å². The Labute approximate surface area is 126 Å². The summed E-state index contributed by atoms with van der Waals surface area (Å²) in [6, 6.07) is 10.4. The van der Waals surface area contributed by atoms with E-state index in [1.807, 2.05) is 6.92 Å². The summed E-state index contributed by atoms with van der Waals surface area (Å²) in [5.41, 5.74) is 1.000. The normalized spacial score (nSPS) is 12.0. The van der Waals surface area contributed by atoms with Crippen LogP contribution in [0.1, 0.15) is 24.9 Å². The zero-order valence-corrected chi connectivity index (χ0v) is 12.1. The minimum absolute atomic E-state index is 0.0997. The fraction of sp³-hybridized carbons (Fsp3) is 0.200. The van der Waals surface area contributed by atoms with E-state index in [1.165, 1.54) is 18.2 Å². The van der Waals surface area contributed by atoms with Crippen LogP contribution in [0.3, 0.4) is 0 Å². The van der Waals surface area contributed by atoms with Gasteiger partial charge in [0.05, 0.1) is 11.0 Å². The molecule has 110 valence electrons. The van der Waals surface area contributed by atoms with Crippen molar-refractivity contribution in [1.29, 1.82) is 0 Å². The Morgan fingerprint density at radius 1 is 1.33 bits per heavy atom. The first-order valence-electron chi connectivity index (χ1n) is 6.47. The molecule has 1 N–H and O–H groups in total. The van der Waals surface area contributed by atoms with Crippen molar-refractivity contribution in [2.24, 2.45) is 0 Å². The van der Waals surface area contributed by atoms with E-state index >= 15 is 0 Å². The van der Waals surface area contributed by atoms with Crippen LogP contribution in [0.2, 0.25) is 5.02 Å². The molecule has 2 rings (SSSR count). The highest BCUT2D eigenvalue weighted by Crippen LogP contribution is 2.32. The number of nitro benzene ring substituents is 1. The Hall–Kier alpha value is -2.14. The number of anilines is 1. The molecule has 21 heavy (non-hydrogen) atoms. The molecule has 0 heterocycles. The molecule has 0 spiro atoms. The second-order valence-electron chi connectivity index (χ2n) is 4.58. The zero-order valence-electron chi connectivity index (χ0n) is 11.3. The van der Waals surface area contributed by atoms with Crippen molar-refractivity contribution in [1.82, 2.24) is 0 Å². The second-order valence-corrected chi connectivity index (χ2v) is 5.02. The van der Waals surface area contributed by atoms with E-state index < -0.39 is 4.92 Å². The van der Waals surface area contributed by atoms with Crippen molar-refractivity contribution >= 4 is 23.0 Å². The van der Waals surface area contributed by atoms with E-state index in [1.54, 1.807) is 24.3 Å². The molecule has 0 aliphatic carbocycles. The van der Waals surface area contributed by atoms with Crippen LogP contribution in [-0.2, 0) is 0 Å². The standard InChI is InChI=1S/C15H14ClFN2O2/c1-2-13(10-4-3-5-12(17)8-10)18-14-7-6-11(16)9-15(14)19(20)21/h3-9,13,18H,2H2,1H3. The van der Waals surface area contributed by atoms with Crippen LogP contribution in [0.25, 0.3) is 0 Å². The first-order valence-corrected chi connectivity index (χ1v) is 6.85. The van der Waals surface area contributed by atoms with Gasteiger partial charge in [-0.1, -0.05) is 30.7 Å². The van der Waals surface area contributed by atoms with Crippen molar-refractivity contribution in [3.05, 3.63) is 69.0 Å². The molecule has 0 saturated heterocycles. The predicted molar refractivity (Wildman–Crippen MR) is 81.2 cm³/mol. The van der Waals surface area contributed by atoms with Crippen LogP contribution in [0.4, 0.5) is 15.8 Å². The lowest BCUT2D eigenvalue weighted by molar-refractivity contribution is -0.384. The fourth-order valence-corrected chi connectivity index (χ4v) is 2.28. The van der Waals surface area contributed by atoms with Gasteiger partial charge in [0.1, 0.15) is 11.5 Å². The highest BCUT2D eigenvalue weighted by molar-refractivity contribution is 6.30. The number of hydrogen-bond acceptors (Lipinski definition) is 3. The monoisotopic (exact) mass is 308 g/mol. The largest absolute Gasteiger partial charge is 0.373 e. The molecular weight excluding hydrogens is 295 g/mol. The molecule has 0 saturated carbocycles. The number of halogens is 2. The molecule has 2 aromatic rings. The third-order valence-corrected chi connectivity index (χ3v) is 3.38. The number of benzene rings is 2. The summed E-state index contributed by atoms with van der Waals surface area (Å²) in [6.45, 7) is 1.92. The number of nitrogens with one attached hydrogen (secondary N) is 1. The molecule has 0 amide bonds. The molecule has 4 nitrogen and oxygen atoms in total. The van der Waals surface area contributed by atoms with Crippen LogP contribution in [0.5, 0.6) is 0 Å². The molecule has 0 fully saturated rings. The number of rotatable bonds is 5. The van der Waals surface area contributed by atoms with Gasteiger partial charge < -0.3 is 5.32 Å². The lowest BCUT2D eigenvalue weighted by Gasteiger charge is -2.19. The number of nitro groups is 1. The fourth-order valence-electron chi connectivity index (χ4n) is 2.11. The Balaban J connectivity index is 2.33. The highest BCUT2D eigenvalue weighted by Gasteiger charge is 2.18. The second kappa shape index (κ2) is 6.54. The Morgan fingerprint density at radius 2 is 2.10 bits per heavy atom. The van der Waals surface area contributed by atoms with Crippen molar-refractivity contribution in [3.8, 4) is 0 Å². The molecule has 0 bridgehead atoms. The van der Waals surface area contributed by atoms with Crippen LogP contribution >= 0.6 is 11.6 Å². The van der Waals surface area contributed by atoms with Crippen LogP contribution in [0, 0.1) is 15.9 Å². The lowest BCUT2D eigenvalue weighted by Crippen LogP contribution is -2.11. The Morgan fingerprint density at radius 3 is 2.71 bits per heavy atom. The molecule has 1 atom stereocenters. The molecular formula is C15H14ClFN2O2. The van der Waals surface area contributed by atoms with Gasteiger partial charge in [0.25, 0.3) is 5.69 Å². The zero-order chi connectivity index (χ0) is 15.4. The van der Waals surface area contributed by atoms with E-state index in [0.717, 1.165) is 5.56 Å². The van der Waals surface area contributed by atoms with Crippen LogP contribution < -0.4 is 5.32 Å². The van der Waals surface area contributed by atoms with E-state index in [4.69, 9.17) is 11.6 Å². The third kappa shape index (κ3) is 3.70. The summed E-state index contributed by atoms with van der Waals surface area (Å²) >= 11 is 5.79. The average molecular weight is 309 g/mol. The SMILES string of the molecule is CCC(Nc1ccc(Cl)cc1[N+](=O)[O-])c1cccc(F)c1. The van der Waals surface area contributed by atoms with E-state index in [-0.39, 0.29) is 17.5 Å². The molecule has 2 aromatic carbocycles. The first kappa shape index (κ1) is 15.3. The summed E-state index contributed by atoms with van der Waals surface area (Å²) in [5.74, 6) is -0.335. The molecule has 0 aromatic heterocycles. The highest BCUT2D eigenvalue weighted by atomic mass is 35.5. The van der Waals surface area contributed by atoms with Gasteiger partial charge in [0.2, 0.25) is 0 Å². The van der Waals surface area contributed by atoms with Crippen LogP contribution in [0.15, 0.2) is 42.5 Å². The summed E-state index contributed by atoms with van der Waals surface area (Å²) in [5, 5.41) is 14.5. The van der Waals surface area contributed by atoms with E-state index in [0.29, 0.717) is 17.1 Å². The van der Waals surface area contributed by atoms with Gasteiger partial charge in [-0.2, -0.15) is 0 Å². The number of nitrogens with zero attached hydrogens (tertiary/aromatic N) is 1. The van der Waals surface area contributed by atoms with Gasteiger partial charge in [0.15, 0.2) is 0 Å². The first-order chi connectivity index (χ1) is 10.0. The van der Waals surface area contributed by atoms with Crippen molar-refractivity contribution in [3.63, 3.8) is 0 Å². The van der Waals surface area contributed by atoms with Gasteiger partial charge in [-0.15, -0.1) is 0 Å². The summed E-state index contributed by atoms with van der Waals surface area (Å²) in [6.07, 6.45) is 0.656. The summed E-state index contributed by atoms with van der Waals surface area (Å²) < 4.78 is 13.3. The lowest BCUT2D eigenvalue weighted by atomic mass is 10.0. The molecule has 6 heteroatoms. The molecule has 0 radical (unpaired) electrons. The van der Waals surface area contributed by atoms with E-state index in [9.17, 15) is 14.5 Å². The smallest absolute Gasteiger partial charge is 0.293 e. The number of hydrogen-bond donors (Lipinski definition) is 1. The van der Waals surface area contributed by atoms with Crippen LogP contribution in [-0.4, -0.2) is 4.92 Å². The van der Waals surface area contributed by atoms with E-state index in [2.05, 4.69) is 5.32 Å². The van der Waals surface area contributed by atoms with Crippen molar-refractivity contribution in [2.75, 3.05) is 5.32 Å². The Bertz CT molecular complexity index is 664. The molecule has 0 aliphatic rings. The maximum atomic E-state index is 13.3. The maximum Gasteiger partial charge on any atom is 0.293 e. The van der Waals surface area contributed by atoms with Gasteiger partial charge in [0, 0.05) is 11.1 Å². The van der Waals surface area contributed by atoms with Crippen molar-refractivity contribution in [2.45, 2.75) is 19.4 Å². The minimum atomic E-state index is -0.494. The van der Waals surface area contributed by atoms with Gasteiger partial charge in [-0.25, -0.2) is 4.39 Å². The molecule has 0 aliphatic heterocycles. The average Bonchev–Trinajstić information content (AvgIpc) is 2.45. The summed E-state index contributed by atoms with van der Waals surface area (Å²) in [7, 11) is 0. The summed E-state index contributed by atoms with van der Waals surface area (Å²) in [4.78, 5) is 10.6. The third-order valence-electron chi connectivity index (χ3n) is 3.15. The minimum Gasteiger partial charge on any atom is -0.373 e. The quantitative estimate of drug-likeness (QED) is 0.628.